The summed E-state index contributed by atoms with van der Waals surface area (Å²) in [6, 6.07) is 9.22. The first-order chi connectivity index (χ1) is 11.3. The van der Waals surface area contributed by atoms with Crippen LogP contribution in [0.3, 0.4) is 0 Å². The lowest BCUT2D eigenvalue weighted by atomic mass is 10.2. The highest BCUT2D eigenvalue weighted by atomic mass is 16.5. The third kappa shape index (κ3) is 3.63. The van der Waals surface area contributed by atoms with Crippen LogP contribution in [0.1, 0.15) is 18.7 Å². The summed E-state index contributed by atoms with van der Waals surface area (Å²) in [5.41, 5.74) is 1.47. The van der Waals surface area contributed by atoms with Gasteiger partial charge < -0.3 is 10.1 Å². The molecule has 0 aromatic carbocycles. The number of hydrogen-bond donors (Lipinski definition) is 1. The molecule has 3 rings (SSSR count). The van der Waals surface area contributed by atoms with E-state index in [2.05, 4.69) is 20.5 Å². The average Bonchev–Trinajstić information content (AvgIpc) is 2.99. The van der Waals surface area contributed by atoms with Crippen LogP contribution in [0.15, 0.2) is 42.7 Å². The number of aromatic nitrogens is 4. The van der Waals surface area contributed by atoms with Crippen molar-refractivity contribution in [3.05, 3.63) is 48.5 Å². The van der Waals surface area contributed by atoms with Crippen molar-refractivity contribution < 1.29 is 9.53 Å². The quantitative estimate of drug-likeness (QED) is 0.754. The average molecular weight is 311 g/mol. The van der Waals surface area contributed by atoms with Crippen LogP contribution in [-0.2, 0) is 11.2 Å². The van der Waals surface area contributed by atoms with E-state index in [9.17, 15) is 4.79 Å². The number of carbonyl (C=O) groups excluding carboxylic acids is 1. The zero-order valence-corrected chi connectivity index (χ0v) is 12.8. The highest BCUT2D eigenvalue weighted by Gasteiger charge is 2.07. The molecule has 7 nitrogen and oxygen atoms in total. The van der Waals surface area contributed by atoms with Gasteiger partial charge in [-0.1, -0.05) is 6.07 Å². The Bertz CT molecular complexity index is 798. The van der Waals surface area contributed by atoms with Gasteiger partial charge in [0.25, 0.3) is 0 Å². The van der Waals surface area contributed by atoms with Crippen LogP contribution >= 0.6 is 0 Å². The predicted octanol–water partition coefficient (Wildman–Crippen LogP) is 2.09. The summed E-state index contributed by atoms with van der Waals surface area (Å²) in [5.74, 6) is 1.33. The Hall–Kier alpha value is -2.96. The minimum absolute atomic E-state index is 0.0502. The highest BCUT2D eigenvalue weighted by molar-refractivity contribution is 5.90. The molecule has 0 aliphatic carbocycles. The Morgan fingerprint density at radius 2 is 2.17 bits per heavy atom. The molecule has 0 aliphatic heterocycles. The summed E-state index contributed by atoms with van der Waals surface area (Å²) in [6.45, 7) is 0. The van der Waals surface area contributed by atoms with Crippen LogP contribution in [0.5, 0.6) is 5.88 Å². The van der Waals surface area contributed by atoms with Crippen LogP contribution in [0, 0.1) is 0 Å². The van der Waals surface area contributed by atoms with Gasteiger partial charge in [0, 0.05) is 25.1 Å². The number of rotatable bonds is 6. The van der Waals surface area contributed by atoms with Crippen molar-refractivity contribution in [1.29, 1.82) is 0 Å². The van der Waals surface area contributed by atoms with E-state index in [0.717, 1.165) is 11.5 Å². The summed E-state index contributed by atoms with van der Waals surface area (Å²) in [7, 11) is 1.55. The van der Waals surface area contributed by atoms with E-state index in [-0.39, 0.29) is 5.91 Å². The summed E-state index contributed by atoms with van der Waals surface area (Å²) >= 11 is 0. The van der Waals surface area contributed by atoms with Gasteiger partial charge in [0.15, 0.2) is 5.65 Å². The first kappa shape index (κ1) is 15.0. The largest absolute Gasteiger partial charge is 0.481 e. The van der Waals surface area contributed by atoms with Gasteiger partial charge in [-0.15, -0.1) is 10.2 Å². The van der Waals surface area contributed by atoms with E-state index in [0.29, 0.717) is 30.8 Å². The molecule has 0 radical (unpaired) electrons. The fourth-order valence-corrected chi connectivity index (χ4v) is 2.27. The molecule has 3 aromatic rings. The van der Waals surface area contributed by atoms with Crippen molar-refractivity contribution in [2.75, 3.05) is 12.4 Å². The van der Waals surface area contributed by atoms with Crippen molar-refractivity contribution in [2.24, 2.45) is 0 Å². The number of aryl methyl sites for hydroxylation is 1. The molecule has 0 saturated carbocycles. The smallest absolute Gasteiger partial charge is 0.224 e. The van der Waals surface area contributed by atoms with Crippen molar-refractivity contribution in [3.63, 3.8) is 0 Å². The Morgan fingerprint density at radius 1 is 1.26 bits per heavy atom. The molecule has 23 heavy (non-hydrogen) atoms. The maximum atomic E-state index is 11.9. The second kappa shape index (κ2) is 6.87. The molecule has 0 bridgehead atoms. The van der Waals surface area contributed by atoms with E-state index < -0.39 is 0 Å². The van der Waals surface area contributed by atoms with E-state index in [1.165, 1.54) is 0 Å². The Morgan fingerprint density at radius 3 is 2.96 bits per heavy atom. The summed E-state index contributed by atoms with van der Waals surface area (Å²) in [5, 5.41) is 11.1. The van der Waals surface area contributed by atoms with Gasteiger partial charge in [-0.3, -0.25) is 9.20 Å². The lowest BCUT2D eigenvalue weighted by Crippen LogP contribution is -2.12. The Labute approximate surface area is 133 Å². The molecule has 1 N–H and O–H groups in total. The molecule has 0 spiro atoms. The maximum absolute atomic E-state index is 11.9. The first-order valence-corrected chi connectivity index (χ1v) is 7.35. The number of methoxy groups -OCH3 is 1. The second-order valence-electron chi connectivity index (χ2n) is 5.04. The fourth-order valence-electron chi connectivity index (χ4n) is 2.27. The van der Waals surface area contributed by atoms with E-state index >= 15 is 0 Å². The van der Waals surface area contributed by atoms with Crippen molar-refractivity contribution >= 4 is 17.2 Å². The number of pyridine rings is 2. The number of fused-ring (bicyclic) bond motifs is 1. The second-order valence-corrected chi connectivity index (χ2v) is 5.04. The number of anilines is 1. The monoisotopic (exact) mass is 311 g/mol. The van der Waals surface area contributed by atoms with Gasteiger partial charge in [-0.25, -0.2) is 4.98 Å². The minimum Gasteiger partial charge on any atom is -0.481 e. The zero-order valence-electron chi connectivity index (χ0n) is 12.8. The Balaban J connectivity index is 1.51. The molecule has 1 amide bonds. The molecule has 0 aliphatic rings. The molecule has 3 heterocycles. The van der Waals surface area contributed by atoms with Crippen molar-refractivity contribution in [3.8, 4) is 5.88 Å². The zero-order chi connectivity index (χ0) is 16.1. The van der Waals surface area contributed by atoms with Crippen LogP contribution in [0.25, 0.3) is 5.65 Å². The Kier molecular flexibility index (Phi) is 4.46. The molecular formula is C16H17N5O2. The summed E-state index contributed by atoms with van der Waals surface area (Å²) in [6.07, 6.45) is 5.30. The van der Waals surface area contributed by atoms with E-state index in [1.54, 1.807) is 25.4 Å². The number of nitrogens with one attached hydrogen (secondary N) is 1. The maximum Gasteiger partial charge on any atom is 0.224 e. The van der Waals surface area contributed by atoms with E-state index in [4.69, 9.17) is 4.74 Å². The number of ether oxygens (including phenoxy) is 1. The van der Waals surface area contributed by atoms with Crippen molar-refractivity contribution in [2.45, 2.75) is 19.3 Å². The lowest BCUT2D eigenvalue weighted by molar-refractivity contribution is -0.116. The highest BCUT2D eigenvalue weighted by Crippen LogP contribution is 2.12. The molecular weight excluding hydrogens is 294 g/mol. The van der Waals surface area contributed by atoms with Crippen LogP contribution in [0.4, 0.5) is 5.69 Å². The van der Waals surface area contributed by atoms with Crippen LogP contribution in [0.2, 0.25) is 0 Å². The number of hydrogen-bond acceptors (Lipinski definition) is 5. The van der Waals surface area contributed by atoms with Gasteiger partial charge in [-0.05, 0) is 24.6 Å². The molecule has 3 aromatic heterocycles. The number of amides is 1. The standard InChI is InChI=1S/C16H17N5O2/c1-23-16-9-8-12(11-17-16)18-15(22)7-4-6-14-20-19-13-5-2-3-10-21(13)14/h2-3,5,8-11H,4,6-7H2,1H3,(H,18,22). The molecule has 0 fully saturated rings. The summed E-state index contributed by atoms with van der Waals surface area (Å²) in [4.78, 5) is 16.0. The van der Waals surface area contributed by atoms with Crippen molar-refractivity contribution in [1.82, 2.24) is 19.6 Å². The van der Waals surface area contributed by atoms with Gasteiger partial charge in [0.05, 0.1) is 19.0 Å². The van der Waals surface area contributed by atoms with Gasteiger partial charge in [0.1, 0.15) is 5.82 Å². The minimum atomic E-state index is -0.0502. The summed E-state index contributed by atoms with van der Waals surface area (Å²) < 4.78 is 6.91. The molecule has 7 heteroatoms. The normalized spacial score (nSPS) is 10.7. The SMILES string of the molecule is COc1ccc(NC(=O)CCCc2nnc3ccccn23)cn1. The van der Waals surface area contributed by atoms with Crippen LogP contribution < -0.4 is 10.1 Å². The fraction of sp³-hybridized carbons (Fsp3) is 0.250. The third-order valence-corrected chi connectivity index (χ3v) is 3.42. The molecule has 0 saturated heterocycles. The molecule has 0 unspecified atom stereocenters. The van der Waals surface area contributed by atoms with E-state index in [1.807, 2.05) is 28.8 Å². The van der Waals surface area contributed by atoms with Crippen LogP contribution in [-0.4, -0.2) is 32.6 Å². The number of nitrogens with zero attached hydrogens (tertiary/aromatic N) is 4. The van der Waals surface area contributed by atoms with Gasteiger partial charge >= 0.3 is 0 Å². The lowest BCUT2D eigenvalue weighted by Gasteiger charge is -2.05. The van der Waals surface area contributed by atoms with Gasteiger partial charge in [0.2, 0.25) is 11.8 Å². The topological polar surface area (TPSA) is 81.4 Å². The molecule has 118 valence electrons. The predicted molar refractivity (Wildman–Crippen MR) is 85.3 cm³/mol. The molecule has 0 atom stereocenters. The van der Waals surface area contributed by atoms with Gasteiger partial charge in [-0.2, -0.15) is 0 Å². The third-order valence-electron chi connectivity index (χ3n) is 3.42. The number of carbonyl (C=O) groups is 1. The first-order valence-electron chi connectivity index (χ1n) is 7.35.